The van der Waals surface area contributed by atoms with Crippen LogP contribution in [-0.4, -0.2) is 30.2 Å². The van der Waals surface area contributed by atoms with Crippen LogP contribution in [0, 0.1) is 5.92 Å². The maximum Gasteiger partial charge on any atom is 0.314 e. The standard InChI is InChI=1S/C14H28N2O3/c1-3-12(4-2)11-16-14(19)15-10-8-6-5-7-9-13(17)18/h12H,3-11H2,1-2H3,(H,17,18)(H2,15,16,19). The molecule has 0 aliphatic rings. The Kier molecular flexibility index (Phi) is 11.0. The van der Waals surface area contributed by atoms with Crippen LogP contribution in [0.15, 0.2) is 0 Å². The van der Waals surface area contributed by atoms with Crippen LogP contribution in [0.4, 0.5) is 4.79 Å². The Labute approximate surface area is 116 Å². The van der Waals surface area contributed by atoms with Crippen molar-refractivity contribution in [2.45, 2.75) is 58.8 Å². The van der Waals surface area contributed by atoms with Crippen molar-refractivity contribution in [2.75, 3.05) is 13.1 Å². The monoisotopic (exact) mass is 272 g/mol. The Bertz CT molecular complexity index is 253. The Morgan fingerprint density at radius 3 is 2.21 bits per heavy atom. The second-order valence-corrected chi connectivity index (χ2v) is 4.88. The summed E-state index contributed by atoms with van der Waals surface area (Å²) in [5, 5.41) is 14.2. The Morgan fingerprint density at radius 1 is 1.00 bits per heavy atom. The Balaban J connectivity index is 3.36. The van der Waals surface area contributed by atoms with Gasteiger partial charge in [0.2, 0.25) is 0 Å². The van der Waals surface area contributed by atoms with Crippen molar-refractivity contribution >= 4 is 12.0 Å². The van der Waals surface area contributed by atoms with E-state index in [2.05, 4.69) is 24.5 Å². The largest absolute Gasteiger partial charge is 0.481 e. The molecule has 5 nitrogen and oxygen atoms in total. The van der Waals surface area contributed by atoms with Crippen molar-refractivity contribution in [1.82, 2.24) is 10.6 Å². The normalized spacial score (nSPS) is 10.5. The molecule has 0 saturated carbocycles. The van der Waals surface area contributed by atoms with E-state index >= 15 is 0 Å². The summed E-state index contributed by atoms with van der Waals surface area (Å²) in [6.45, 7) is 5.65. The molecule has 0 radical (unpaired) electrons. The van der Waals surface area contributed by atoms with Crippen molar-refractivity contribution < 1.29 is 14.7 Å². The zero-order valence-corrected chi connectivity index (χ0v) is 12.2. The number of carboxylic acids is 1. The van der Waals surface area contributed by atoms with Gasteiger partial charge in [-0.25, -0.2) is 4.79 Å². The highest BCUT2D eigenvalue weighted by molar-refractivity contribution is 5.73. The maximum atomic E-state index is 11.5. The molecule has 0 aromatic rings. The number of carbonyl (C=O) groups is 2. The number of unbranched alkanes of at least 4 members (excludes halogenated alkanes) is 3. The second-order valence-electron chi connectivity index (χ2n) is 4.88. The molecule has 0 saturated heterocycles. The van der Waals surface area contributed by atoms with Crippen molar-refractivity contribution in [2.24, 2.45) is 5.92 Å². The van der Waals surface area contributed by atoms with Crippen molar-refractivity contribution in [3.8, 4) is 0 Å². The maximum absolute atomic E-state index is 11.5. The van der Waals surface area contributed by atoms with Gasteiger partial charge in [0.1, 0.15) is 0 Å². The van der Waals surface area contributed by atoms with Gasteiger partial charge in [0.05, 0.1) is 0 Å². The lowest BCUT2D eigenvalue weighted by Crippen LogP contribution is -2.38. The van der Waals surface area contributed by atoms with Gasteiger partial charge in [-0.2, -0.15) is 0 Å². The average Bonchev–Trinajstić information content (AvgIpc) is 2.38. The number of rotatable bonds is 11. The predicted octanol–water partition coefficient (Wildman–Crippen LogP) is 2.76. The molecule has 2 amide bonds. The summed E-state index contributed by atoms with van der Waals surface area (Å²) < 4.78 is 0. The fourth-order valence-electron chi connectivity index (χ4n) is 1.83. The SMILES string of the molecule is CCC(CC)CNC(=O)NCCCCCCC(=O)O. The van der Waals surface area contributed by atoms with Crippen molar-refractivity contribution in [3.05, 3.63) is 0 Å². The zero-order valence-electron chi connectivity index (χ0n) is 12.2. The molecule has 0 bridgehead atoms. The van der Waals surface area contributed by atoms with Gasteiger partial charge in [0.25, 0.3) is 0 Å². The lowest BCUT2D eigenvalue weighted by atomic mass is 10.0. The summed E-state index contributed by atoms with van der Waals surface area (Å²) in [6, 6.07) is -0.0996. The first-order chi connectivity index (χ1) is 9.10. The third kappa shape index (κ3) is 11.6. The summed E-state index contributed by atoms with van der Waals surface area (Å²) in [5.41, 5.74) is 0. The number of hydrogen-bond acceptors (Lipinski definition) is 2. The molecular weight excluding hydrogens is 244 g/mol. The van der Waals surface area contributed by atoms with Crippen LogP contribution in [0.25, 0.3) is 0 Å². The molecule has 0 aromatic carbocycles. The van der Waals surface area contributed by atoms with Crippen LogP contribution in [0.1, 0.15) is 58.8 Å². The first-order valence-electron chi connectivity index (χ1n) is 7.33. The average molecular weight is 272 g/mol. The smallest absolute Gasteiger partial charge is 0.314 e. The van der Waals surface area contributed by atoms with Crippen molar-refractivity contribution in [3.63, 3.8) is 0 Å². The van der Waals surface area contributed by atoms with E-state index < -0.39 is 5.97 Å². The molecule has 0 aliphatic heterocycles. The molecule has 5 heteroatoms. The van der Waals surface area contributed by atoms with Gasteiger partial charge < -0.3 is 15.7 Å². The molecule has 0 heterocycles. The molecule has 0 aromatic heterocycles. The molecule has 3 N–H and O–H groups in total. The van der Waals surface area contributed by atoms with E-state index in [0.717, 1.165) is 45.1 Å². The van der Waals surface area contributed by atoms with Gasteiger partial charge in [0.15, 0.2) is 0 Å². The lowest BCUT2D eigenvalue weighted by Gasteiger charge is -2.13. The first-order valence-corrected chi connectivity index (χ1v) is 7.33. The highest BCUT2D eigenvalue weighted by atomic mass is 16.4. The van der Waals surface area contributed by atoms with Crippen LogP contribution in [0.3, 0.4) is 0 Å². The minimum Gasteiger partial charge on any atom is -0.481 e. The van der Waals surface area contributed by atoms with Gasteiger partial charge in [-0.3, -0.25) is 4.79 Å². The number of carbonyl (C=O) groups excluding carboxylic acids is 1. The third-order valence-electron chi connectivity index (χ3n) is 3.31. The van der Waals surface area contributed by atoms with E-state index in [4.69, 9.17) is 5.11 Å². The minimum absolute atomic E-state index is 0.0996. The molecule has 0 unspecified atom stereocenters. The molecule has 19 heavy (non-hydrogen) atoms. The van der Waals surface area contributed by atoms with Crippen molar-refractivity contribution in [1.29, 1.82) is 0 Å². The summed E-state index contributed by atoms with van der Waals surface area (Å²) in [5.74, 6) is -0.180. The van der Waals surface area contributed by atoms with E-state index in [9.17, 15) is 9.59 Å². The first kappa shape index (κ1) is 17.7. The molecule has 0 aliphatic carbocycles. The quantitative estimate of drug-likeness (QED) is 0.506. The molecule has 0 atom stereocenters. The third-order valence-corrected chi connectivity index (χ3v) is 3.31. The molecule has 0 fully saturated rings. The predicted molar refractivity (Wildman–Crippen MR) is 76.2 cm³/mol. The minimum atomic E-state index is -0.737. The molecular formula is C14H28N2O3. The summed E-state index contributed by atoms with van der Waals surface area (Å²) >= 11 is 0. The number of carboxylic acid groups (broad SMARTS) is 1. The number of urea groups is 1. The van der Waals surface area contributed by atoms with Crippen LogP contribution >= 0.6 is 0 Å². The summed E-state index contributed by atoms with van der Waals surface area (Å²) in [4.78, 5) is 21.7. The van der Waals surface area contributed by atoms with E-state index in [0.29, 0.717) is 12.5 Å². The zero-order chi connectivity index (χ0) is 14.5. The number of amides is 2. The van der Waals surface area contributed by atoms with E-state index in [1.54, 1.807) is 0 Å². The fourth-order valence-corrected chi connectivity index (χ4v) is 1.83. The lowest BCUT2D eigenvalue weighted by molar-refractivity contribution is -0.137. The van der Waals surface area contributed by atoms with Gasteiger partial charge >= 0.3 is 12.0 Å². The molecule has 112 valence electrons. The molecule has 0 rings (SSSR count). The summed E-state index contributed by atoms with van der Waals surface area (Å²) in [7, 11) is 0. The van der Waals surface area contributed by atoms with E-state index in [1.165, 1.54) is 0 Å². The molecule has 0 spiro atoms. The van der Waals surface area contributed by atoms with Gasteiger partial charge in [-0.05, 0) is 18.8 Å². The number of nitrogens with one attached hydrogen (secondary N) is 2. The Morgan fingerprint density at radius 2 is 1.63 bits per heavy atom. The summed E-state index contributed by atoms with van der Waals surface area (Å²) in [6.07, 6.45) is 5.89. The number of aliphatic carboxylic acids is 1. The number of hydrogen-bond donors (Lipinski definition) is 3. The van der Waals surface area contributed by atoms with Crippen LogP contribution in [0.5, 0.6) is 0 Å². The van der Waals surface area contributed by atoms with Crippen LogP contribution < -0.4 is 10.6 Å². The second kappa shape index (κ2) is 11.8. The van der Waals surface area contributed by atoms with E-state index in [-0.39, 0.29) is 12.5 Å². The van der Waals surface area contributed by atoms with Gasteiger partial charge in [0, 0.05) is 19.5 Å². The van der Waals surface area contributed by atoms with Gasteiger partial charge in [-0.1, -0.05) is 39.5 Å². The fraction of sp³-hybridized carbons (Fsp3) is 0.857. The van der Waals surface area contributed by atoms with Gasteiger partial charge in [-0.15, -0.1) is 0 Å². The van der Waals surface area contributed by atoms with Crippen LogP contribution in [0.2, 0.25) is 0 Å². The van der Waals surface area contributed by atoms with Crippen LogP contribution in [-0.2, 0) is 4.79 Å². The topological polar surface area (TPSA) is 78.4 Å². The Hall–Kier alpha value is -1.26. The highest BCUT2D eigenvalue weighted by Crippen LogP contribution is 2.05. The highest BCUT2D eigenvalue weighted by Gasteiger charge is 2.05. The van der Waals surface area contributed by atoms with E-state index in [1.807, 2.05) is 0 Å².